The van der Waals surface area contributed by atoms with Gasteiger partial charge in [-0.2, -0.15) is 5.26 Å². The second-order valence-corrected chi connectivity index (χ2v) is 4.69. The molecule has 96 valence electrons. The van der Waals surface area contributed by atoms with Crippen LogP contribution in [0.25, 0.3) is 0 Å². The van der Waals surface area contributed by atoms with Crippen LogP contribution in [0.4, 0.5) is 4.39 Å². The molecule has 0 spiro atoms. The molecule has 0 amide bonds. The smallest absolute Gasteiger partial charge is 0.165 e. The average Bonchev–Trinajstić information content (AvgIpc) is 2.45. The Bertz CT molecular complexity index is 625. The van der Waals surface area contributed by atoms with E-state index in [2.05, 4.69) is 11.1 Å². The van der Waals surface area contributed by atoms with Crippen molar-refractivity contribution < 1.29 is 9.13 Å². The summed E-state index contributed by atoms with van der Waals surface area (Å²) in [5, 5.41) is 9.60. The van der Waals surface area contributed by atoms with Gasteiger partial charge in [0.25, 0.3) is 0 Å². The van der Waals surface area contributed by atoms with Gasteiger partial charge in [0.1, 0.15) is 11.1 Å². The minimum absolute atomic E-state index is 0.226. The lowest BCUT2D eigenvalue weighted by atomic mass is 10.2. The number of benzene rings is 1. The number of halogens is 1. The van der Waals surface area contributed by atoms with Crippen molar-refractivity contribution in [1.82, 2.24) is 4.98 Å². The molecule has 2 aromatic rings. The maximum absolute atomic E-state index is 13.5. The molecule has 19 heavy (non-hydrogen) atoms. The number of ether oxygens (including phenoxy) is 1. The molecule has 0 N–H and O–H groups in total. The van der Waals surface area contributed by atoms with E-state index in [9.17, 15) is 4.39 Å². The largest absolute Gasteiger partial charge is 0.494 e. The molecule has 0 atom stereocenters. The molecule has 0 unspecified atom stereocenters. The van der Waals surface area contributed by atoms with Crippen LogP contribution in [0.2, 0.25) is 0 Å². The van der Waals surface area contributed by atoms with Crippen molar-refractivity contribution in [3.05, 3.63) is 53.5 Å². The maximum Gasteiger partial charge on any atom is 0.165 e. The van der Waals surface area contributed by atoms with Crippen LogP contribution in [0.3, 0.4) is 0 Å². The van der Waals surface area contributed by atoms with Crippen LogP contribution in [-0.4, -0.2) is 12.1 Å². The first kappa shape index (κ1) is 13.4. The second kappa shape index (κ2) is 6.21. The molecule has 0 fully saturated rings. The normalized spacial score (nSPS) is 9.95. The number of thioether (sulfide) groups is 1. The fraction of sp³-hybridized carbons (Fsp3) is 0.143. The SMILES string of the molecule is COc1ccc(CSc2ncccc2C#N)cc1F. The summed E-state index contributed by atoms with van der Waals surface area (Å²) in [6.45, 7) is 0. The second-order valence-electron chi connectivity index (χ2n) is 3.73. The van der Waals surface area contributed by atoms with Gasteiger partial charge in [0.05, 0.1) is 12.7 Å². The Morgan fingerprint density at radius 3 is 2.95 bits per heavy atom. The number of hydrogen-bond donors (Lipinski definition) is 0. The lowest BCUT2D eigenvalue weighted by Gasteiger charge is -2.05. The summed E-state index contributed by atoms with van der Waals surface area (Å²) in [5.74, 6) is 0.388. The predicted octanol–water partition coefficient (Wildman–Crippen LogP) is 3.39. The van der Waals surface area contributed by atoms with Crippen LogP contribution in [0.1, 0.15) is 11.1 Å². The van der Waals surface area contributed by atoms with Crippen LogP contribution in [0.15, 0.2) is 41.6 Å². The number of rotatable bonds is 4. The third-order valence-electron chi connectivity index (χ3n) is 2.48. The summed E-state index contributed by atoms with van der Waals surface area (Å²) in [7, 11) is 1.43. The number of pyridine rings is 1. The van der Waals surface area contributed by atoms with Crippen molar-refractivity contribution in [2.75, 3.05) is 7.11 Å². The van der Waals surface area contributed by atoms with Gasteiger partial charge in [0.2, 0.25) is 0 Å². The number of methoxy groups -OCH3 is 1. The van der Waals surface area contributed by atoms with E-state index in [1.54, 1.807) is 30.5 Å². The van der Waals surface area contributed by atoms with Crippen LogP contribution < -0.4 is 4.74 Å². The zero-order valence-corrected chi connectivity index (χ0v) is 11.1. The molecule has 5 heteroatoms. The van der Waals surface area contributed by atoms with Crippen molar-refractivity contribution in [2.45, 2.75) is 10.8 Å². The maximum atomic E-state index is 13.5. The van der Waals surface area contributed by atoms with Gasteiger partial charge in [-0.25, -0.2) is 9.37 Å². The first-order valence-electron chi connectivity index (χ1n) is 5.55. The van der Waals surface area contributed by atoms with Gasteiger partial charge in [0, 0.05) is 11.9 Å². The van der Waals surface area contributed by atoms with E-state index in [-0.39, 0.29) is 11.6 Å². The van der Waals surface area contributed by atoms with Crippen LogP contribution in [0, 0.1) is 17.1 Å². The summed E-state index contributed by atoms with van der Waals surface area (Å²) in [6.07, 6.45) is 1.64. The summed E-state index contributed by atoms with van der Waals surface area (Å²) in [6, 6.07) is 10.3. The quantitative estimate of drug-likeness (QED) is 0.802. The molecule has 0 aliphatic carbocycles. The van der Waals surface area contributed by atoms with Crippen molar-refractivity contribution in [2.24, 2.45) is 0 Å². The molecule has 0 radical (unpaired) electrons. The molecule has 0 saturated carbocycles. The highest BCUT2D eigenvalue weighted by molar-refractivity contribution is 7.98. The van der Waals surface area contributed by atoms with Gasteiger partial charge in [-0.3, -0.25) is 0 Å². The van der Waals surface area contributed by atoms with Crippen LogP contribution >= 0.6 is 11.8 Å². The molecule has 0 bridgehead atoms. The van der Waals surface area contributed by atoms with Crippen molar-refractivity contribution in [3.8, 4) is 11.8 Å². The summed E-state index contributed by atoms with van der Waals surface area (Å²) < 4.78 is 18.4. The monoisotopic (exact) mass is 274 g/mol. The lowest BCUT2D eigenvalue weighted by Crippen LogP contribution is -1.91. The van der Waals surface area contributed by atoms with Gasteiger partial charge >= 0.3 is 0 Å². The zero-order valence-electron chi connectivity index (χ0n) is 10.3. The van der Waals surface area contributed by atoms with Gasteiger partial charge in [0.15, 0.2) is 11.6 Å². The van der Waals surface area contributed by atoms with Crippen LogP contribution in [-0.2, 0) is 5.75 Å². The van der Waals surface area contributed by atoms with E-state index in [1.165, 1.54) is 24.9 Å². The number of aromatic nitrogens is 1. The Kier molecular flexibility index (Phi) is 4.37. The third-order valence-corrected chi connectivity index (χ3v) is 3.56. The molecule has 2 rings (SSSR count). The Balaban J connectivity index is 2.11. The summed E-state index contributed by atoms with van der Waals surface area (Å²) in [4.78, 5) is 4.14. The molecule has 1 heterocycles. The average molecular weight is 274 g/mol. The van der Waals surface area contributed by atoms with Gasteiger partial charge in [-0.1, -0.05) is 6.07 Å². The highest BCUT2D eigenvalue weighted by atomic mass is 32.2. The van der Waals surface area contributed by atoms with Gasteiger partial charge in [-0.15, -0.1) is 11.8 Å². The lowest BCUT2D eigenvalue weighted by molar-refractivity contribution is 0.386. The molecular formula is C14H11FN2OS. The minimum Gasteiger partial charge on any atom is -0.494 e. The molecule has 3 nitrogen and oxygen atoms in total. The first-order chi connectivity index (χ1) is 9.24. The van der Waals surface area contributed by atoms with Gasteiger partial charge in [-0.05, 0) is 29.8 Å². The fourth-order valence-corrected chi connectivity index (χ4v) is 2.43. The van der Waals surface area contributed by atoms with Crippen molar-refractivity contribution in [1.29, 1.82) is 5.26 Å². The van der Waals surface area contributed by atoms with Crippen LogP contribution in [0.5, 0.6) is 5.75 Å². The fourth-order valence-electron chi connectivity index (χ4n) is 1.54. The highest BCUT2D eigenvalue weighted by Gasteiger charge is 2.06. The van der Waals surface area contributed by atoms with E-state index in [4.69, 9.17) is 10.00 Å². The van der Waals surface area contributed by atoms with E-state index >= 15 is 0 Å². The molecule has 0 saturated heterocycles. The summed E-state index contributed by atoms with van der Waals surface area (Å²) in [5.41, 5.74) is 1.35. The number of nitriles is 1. The van der Waals surface area contributed by atoms with E-state index in [0.717, 1.165) is 5.56 Å². The Hall–Kier alpha value is -2.06. The van der Waals surface area contributed by atoms with Crippen molar-refractivity contribution in [3.63, 3.8) is 0 Å². The molecule has 0 aliphatic rings. The molecule has 1 aromatic carbocycles. The number of hydrogen-bond acceptors (Lipinski definition) is 4. The highest BCUT2D eigenvalue weighted by Crippen LogP contribution is 2.26. The topological polar surface area (TPSA) is 45.9 Å². The Labute approximate surface area is 115 Å². The molecular weight excluding hydrogens is 263 g/mol. The van der Waals surface area contributed by atoms with E-state index < -0.39 is 0 Å². The molecule has 0 aliphatic heterocycles. The minimum atomic E-state index is -0.387. The Morgan fingerprint density at radius 1 is 1.42 bits per heavy atom. The summed E-state index contributed by atoms with van der Waals surface area (Å²) >= 11 is 1.41. The Morgan fingerprint density at radius 2 is 2.26 bits per heavy atom. The van der Waals surface area contributed by atoms with E-state index in [0.29, 0.717) is 16.3 Å². The number of nitrogens with zero attached hydrogens (tertiary/aromatic N) is 2. The predicted molar refractivity (Wildman–Crippen MR) is 71.5 cm³/mol. The van der Waals surface area contributed by atoms with Gasteiger partial charge < -0.3 is 4.74 Å². The van der Waals surface area contributed by atoms with Crippen molar-refractivity contribution >= 4 is 11.8 Å². The zero-order chi connectivity index (χ0) is 13.7. The first-order valence-corrected chi connectivity index (χ1v) is 6.53. The van der Waals surface area contributed by atoms with E-state index in [1.807, 2.05) is 0 Å². The third kappa shape index (κ3) is 3.24. The molecule has 1 aromatic heterocycles. The standard InChI is InChI=1S/C14H11FN2OS/c1-18-13-5-4-10(7-12(13)15)9-19-14-11(8-16)3-2-6-17-14/h2-7H,9H2,1H3.